The average Bonchev–Trinajstić information content (AvgIpc) is 2.51. The molecule has 1 aromatic carbocycles. The fourth-order valence-corrected chi connectivity index (χ4v) is 3.22. The Kier molecular flexibility index (Phi) is 9.25. The third-order valence-electron chi connectivity index (χ3n) is 4.80. The maximum atomic E-state index is 10.2. The van der Waals surface area contributed by atoms with Crippen LogP contribution in [0, 0.1) is 0 Å². The van der Waals surface area contributed by atoms with Gasteiger partial charge in [0.2, 0.25) is 0 Å². The van der Waals surface area contributed by atoms with Gasteiger partial charge in [0, 0.05) is 5.56 Å². The van der Waals surface area contributed by atoms with Crippen LogP contribution in [0.15, 0.2) is 12.1 Å². The highest BCUT2D eigenvalue weighted by atomic mass is 16.3. The van der Waals surface area contributed by atoms with Crippen LogP contribution in [0.25, 0.3) is 0 Å². The Bertz CT molecular complexity index is 472. The molecule has 0 saturated carbocycles. The number of benzene rings is 1. The normalized spacial score (nSPS) is 11.8. The lowest BCUT2D eigenvalue weighted by molar-refractivity contribution is 0.430. The SMILES string of the molecule is CCCCCCCCCCCCc1cc(O)c(C(C)(C)C)cc1O. The highest BCUT2D eigenvalue weighted by molar-refractivity contribution is 5.47. The van der Waals surface area contributed by atoms with Gasteiger partial charge < -0.3 is 10.2 Å². The number of phenolic OH excluding ortho intramolecular Hbond substituents is 2. The van der Waals surface area contributed by atoms with E-state index in [2.05, 4.69) is 6.92 Å². The summed E-state index contributed by atoms with van der Waals surface area (Å²) in [7, 11) is 0. The third kappa shape index (κ3) is 7.59. The van der Waals surface area contributed by atoms with Gasteiger partial charge in [0.1, 0.15) is 11.5 Å². The van der Waals surface area contributed by atoms with Crippen LogP contribution in [0.4, 0.5) is 0 Å². The molecule has 0 unspecified atom stereocenters. The van der Waals surface area contributed by atoms with Crippen molar-refractivity contribution in [1.29, 1.82) is 0 Å². The molecule has 2 N–H and O–H groups in total. The van der Waals surface area contributed by atoms with Crippen molar-refractivity contribution in [2.45, 2.75) is 104 Å². The molecule has 0 aliphatic rings. The number of hydrogen-bond donors (Lipinski definition) is 2. The summed E-state index contributed by atoms with van der Waals surface area (Å²) in [6.45, 7) is 8.39. The summed E-state index contributed by atoms with van der Waals surface area (Å²) in [4.78, 5) is 0. The molecule has 0 saturated heterocycles. The molecule has 0 radical (unpaired) electrons. The van der Waals surface area contributed by atoms with E-state index < -0.39 is 0 Å². The van der Waals surface area contributed by atoms with E-state index in [0.29, 0.717) is 11.5 Å². The molecule has 2 heteroatoms. The molecule has 0 atom stereocenters. The van der Waals surface area contributed by atoms with Gasteiger partial charge in [0.05, 0.1) is 0 Å². The smallest absolute Gasteiger partial charge is 0.119 e. The first kappa shape index (κ1) is 20.9. The number of phenols is 2. The van der Waals surface area contributed by atoms with E-state index in [0.717, 1.165) is 24.0 Å². The molecule has 0 heterocycles. The highest BCUT2D eigenvalue weighted by Crippen LogP contribution is 2.36. The van der Waals surface area contributed by atoms with Crippen LogP contribution in [-0.4, -0.2) is 10.2 Å². The Hall–Kier alpha value is -1.18. The molecule has 0 aromatic heterocycles. The molecule has 0 aliphatic carbocycles. The Morgan fingerprint density at radius 3 is 1.71 bits per heavy atom. The maximum Gasteiger partial charge on any atom is 0.119 e. The largest absolute Gasteiger partial charge is 0.508 e. The van der Waals surface area contributed by atoms with Gasteiger partial charge in [-0.1, -0.05) is 85.5 Å². The van der Waals surface area contributed by atoms with Crippen LogP contribution in [0.1, 0.15) is 103 Å². The Labute approximate surface area is 149 Å². The highest BCUT2D eigenvalue weighted by Gasteiger charge is 2.20. The third-order valence-corrected chi connectivity index (χ3v) is 4.80. The van der Waals surface area contributed by atoms with Gasteiger partial charge in [0.25, 0.3) is 0 Å². The Morgan fingerprint density at radius 2 is 1.21 bits per heavy atom. The minimum Gasteiger partial charge on any atom is -0.508 e. The quantitative estimate of drug-likeness (QED) is 0.343. The van der Waals surface area contributed by atoms with Gasteiger partial charge in [-0.05, 0) is 36.0 Å². The van der Waals surface area contributed by atoms with Crippen LogP contribution in [-0.2, 0) is 11.8 Å². The first-order chi connectivity index (χ1) is 11.4. The standard InChI is InChI=1S/C22H38O2/c1-5-6-7-8-9-10-11-12-13-14-15-18-16-21(24)19(17-20(18)23)22(2,3)4/h16-17,23-24H,5-15H2,1-4H3. The van der Waals surface area contributed by atoms with Gasteiger partial charge >= 0.3 is 0 Å². The Morgan fingerprint density at radius 1 is 0.708 bits per heavy atom. The minimum atomic E-state index is -0.156. The van der Waals surface area contributed by atoms with Crippen molar-refractivity contribution in [1.82, 2.24) is 0 Å². The summed E-state index contributed by atoms with van der Waals surface area (Å²) in [5, 5.41) is 20.4. The molecule has 0 bridgehead atoms. The first-order valence-electron chi connectivity index (χ1n) is 9.91. The number of rotatable bonds is 11. The molecule has 0 spiro atoms. The van der Waals surface area contributed by atoms with Crippen LogP contribution in [0.2, 0.25) is 0 Å². The van der Waals surface area contributed by atoms with Crippen LogP contribution < -0.4 is 0 Å². The summed E-state index contributed by atoms with van der Waals surface area (Å²) >= 11 is 0. The van der Waals surface area contributed by atoms with E-state index in [9.17, 15) is 10.2 Å². The number of aryl methyl sites for hydroxylation is 1. The van der Waals surface area contributed by atoms with Crippen molar-refractivity contribution >= 4 is 0 Å². The molecule has 24 heavy (non-hydrogen) atoms. The predicted molar refractivity (Wildman–Crippen MR) is 104 cm³/mol. The van der Waals surface area contributed by atoms with E-state index in [1.807, 2.05) is 20.8 Å². The average molecular weight is 335 g/mol. The maximum absolute atomic E-state index is 10.2. The van der Waals surface area contributed by atoms with Crippen molar-refractivity contribution in [3.63, 3.8) is 0 Å². The van der Waals surface area contributed by atoms with Crippen molar-refractivity contribution < 1.29 is 10.2 Å². The van der Waals surface area contributed by atoms with Gasteiger partial charge in [-0.3, -0.25) is 0 Å². The summed E-state index contributed by atoms with van der Waals surface area (Å²) in [6.07, 6.45) is 14.0. The Balaban J connectivity index is 2.25. The lowest BCUT2D eigenvalue weighted by Gasteiger charge is -2.21. The summed E-state index contributed by atoms with van der Waals surface area (Å²) < 4.78 is 0. The zero-order valence-electron chi connectivity index (χ0n) is 16.3. The molecular formula is C22H38O2. The molecule has 0 aliphatic heterocycles. The molecular weight excluding hydrogens is 296 g/mol. The van der Waals surface area contributed by atoms with E-state index in [1.165, 1.54) is 57.8 Å². The summed E-state index contributed by atoms with van der Waals surface area (Å²) in [5.41, 5.74) is 1.53. The molecule has 1 aromatic rings. The van der Waals surface area contributed by atoms with Crippen molar-refractivity contribution in [2.24, 2.45) is 0 Å². The van der Waals surface area contributed by atoms with Gasteiger partial charge in [-0.15, -0.1) is 0 Å². The number of hydrogen-bond acceptors (Lipinski definition) is 2. The van der Waals surface area contributed by atoms with Crippen LogP contribution >= 0.6 is 0 Å². The molecule has 1 rings (SSSR count). The summed E-state index contributed by atoms with van der Waals surface area (Å²) in [6, 6.07) is 3.49. The minimum absolute atomic E-state index is 0.156. The van der Waals surface area contributed by atoms with Gasteiger partial charge in [-0.25, -0.2) is 0 Å². The topological polar surface area (TPSA) is 40.5 Å². The van der Waals surface area contributed by atoms with E-state index >= 15 is 0 Å². The van der Waals surface area contributed by atoms with Crippen LogP contribution in [0.3, 0.4) is 0 Å². The fraction of sp³-hybridized carbons (Fsp3) is 0.727. The van der Waals surface area contributed by atoms with E-state index in [-0.39, 0.29) is 5.41 Å². The zero-order chi connectivity index (χ0) is 18.0. The molecule has 0 amide bonds. The van der Waals surface area contributed by atoms with Gasteiger partial charge in [-0.2, -0.15) is 0 Å². The molecule has 2 nitrogen and oxygen atoms in total. The fourth-order valence-electron chi connectivity index (χ4n) is 3.22. The van der Waals surface area contributed by atoms with Crippen molar-refractivity contribution in [2.75, 3.05) is 0 Å². The van der Waals surface area contributed by atoms with Crippen LogP contribution in [0.5, 0.6) is 11.5 Å². The van der Waals surface area contributed by atoms with E-state index in [1.54, 1.807) is 12.1 Å². The van der Waals surface area contributed by atoms with Gasteiger partial charge in [0.15, 0.2) is 0 Å². The molecule has 138 valence electrons. The number of unbranched alkanes of at least 4 members (excludes halogenated alkanes) is 9. The van der Waals surface area contributed by atoms with Crippen molar-refractivity contribution in [3.05, 3.63) is 23.3 Å². The second kappa shape index (κ2) is 10.6. The summed E-state index contributed by atoms with van der Waals surface area (Å²) in [5.74, 6) is 0.635. The zero-order valence-corrected chi connectivity index (χ0v) is 16.3. The first-order valence-corrected chi connectivity index (χ1v) is 9.91. The lowest BCUT2D eigenvalue weighted by atomic mass is 9.85. The van der Waals surface area contributed by atoms with Crippen molar-refractivity contribution in [3.8, 4) is 11.5 Å². The predicted octanol–water partition coefficient (Wildman–Crippen LogP) is 6.86. The second-order valence-corrected chi connectivity index (χ2v) is 8.18. The number of aromatic hydroxyl groups is 2. The van der Waals surface area contributed by atoms with E-state index in [4.69, 9.17) is 0 Å². The lowest BCUT2D eigenvalue weighted by Crippen LogP contribution is -2.11. The molecule has 0 fully saturated rings. The monoisotopic (exact) mass is 334 g/mol. The second-order valence-electron chi connectivity index (χ2n) is 8.18.